The van der Waals surface area contributed by atoms with Gasteiger partial charge in [0.1, 0.15) is 12.6 Å². The Morgan fingerprint density at radius 3 is 2.50 bits per heavy atom. The summed E-state index contributed by atoms with van der Waals surface area (Å²) in [7, 11) is 0. The highest BCUT2D eigenvalue weighted by molar-refractivity contribution is 5.81. The molecular weight excluding hydrogens is 306 g/mol. The monoisotopic (exact) mass is 331 g/mol. The number of esters is 1. The zero-order valence-corrected chi connectivity index (χ0v) is 13.9. The molecule has 0 aromatic heterocycles. The summed E-state index contributed by atoms with van der Waals surface area (Å²) < 4.78 is 5.37. The summed E-state index contributed by atoms with van der Waals surface area (Å²) in [5.74, 6) is 0.554. The minimum Gasteiger partial charge on any atom is -0.465 e. The summed E-state index contributed by atoms with van der Waals surface area (Å²) in [4.78, 5) is 25.2. The Bertz CT molecular complexity index is 568. The van der Waals surface area contributed by atoms with Gasteiger partial charge in [-0.05, 0) is 30.2 Å². The van der Waals surface area contributed by atoms with Gasteiger partial charge in [0.2, 0.25) is 0 Å². The molecule has 0 radical (unpaired) electrons. The Kier molecular flexibility index (Phi) is 5.38. The molecule has 1 aliphatic heterocycles. The molecule has 1 saturated heterocycles. The van der Waals surface area contributed by atoms with Gasteiger partial charge in [-0.1, -0.05) is 56.0 Å². The van der Waals surface area contributed by atoms with Crippen LogP contribution in [0.1, 0.15) is 44.1 Å². The predicted molar refractivity (Wildman–Crippen MR) is 89.4 cm³/mol. The number of carbonyl (C=O) groups is 2. The van der Waals surface area contributed by atoms with Crippen LogP contribution in [0.4, 0.5) is 4.79 Å². The Labute approximate surface area is 142 Å². The van der Waals surface area contributed by atoms with Crippen molar-refractivity contribution in [2.24, 2.45) is 11.8 Å². The minimum absolute atomic E-state index is 0.191. The van der Waals surface area contributed by atoms with Crippen molar-refractivity contribution in [1.29, 1.82) is 0 Å². The van der Waals surface area contributed by atoms with Crippen LogP contribution in [0.5, 0.6) is 0 Å². The smallest absolute Gasteiger partial charge is 0.408 e. The van der Waals surface area contributed by atoms with Crippen LogP contribution >= 0.6 is 0 Å². The summed E-state index contributed by atoms with van der Waals surface area (Å²) in [6.07, 6.45) is 5.65. The standard InChI is InChI=1S/C19H25NO4/c21-18(24-13-15-8-2-1-3-9-15)17-11-16(12-20(17)19(22)23)10-14-6-4-5-7-14/h1-3,8-9,14,16-17H,4-7,10-13H2,(H,22,23)/t16-,17+/m1/s1. The van der Waals surface area contributed by atoms with Crippen LogP contribution in [0, 0.1) is 11.8 Å². The summed E-state index contributed by atoms with van der Waals surface area (Å²) in [5.41, 5.74) is 0.910. The number of carbonyl (C=O) groups excluding carboxylic acids is 1. The Morgan fingerprint density at radius 2 is 1.83 bits per heavy atom. The van der Waals surface area contributed by atoms with Gasteiger partial charge in [0.25, 0.3) is 0 Å². The van der Waals surface area contributed by atoms with Crippen molar-refractivity contribution in [2.45, 2.75) is 51.2 Å². The number of hydrogen-bond acceptors (Lipinski definition) is 3. The van der Waals surface area contributed by atoms with E-state index in [-0.39, 0.29) is 12.5 Å². The minimum atomic E-state index is -1.02. The number of rotatable bonds is 5. The SMILES string of the molecule is O=C(OCc1ccccc1)[C@@H]1C[C@@H](CC2CCCC2)CN1C(=O)O. The molecule has 0 spiro atoms. The first-order valence-corrected chi connectivity index (χ1v) is 8.83. The van der Waals surface area contributed by atoms with E-state index in [9.17, 15) is 14.7 Å². The van der Waals surface area contributed by atoms with Crippen molar-refractivity contribution in [3.8, 4) is 0 Å². The molecule has 2 atom stereocenters. The molecular formula is C19H25NO4. The third kappa shape index (κ3) is 4.08. The molecule has 3 rings (SSSR count). The average molecular weight is 331 g/mol. The normalized spacial score (nSPS) is 24.2. The second kappa shape index (κ2) is 7.69. The number of ether oxygens (including phenoxy) is 1. The first-order chi connectivity index (χ1) is 11.6. The summed E-state index contributed by atoms with van der Waals surface area (Å²) >= 11 is 0. The van der Waals surface area contributed by atoms with Crippen molar-refractivity contribution >= 4 is 12.1 Å². The van der Waals surface area contributed by atoms with E-state index < -0.39 is 18.1 Å². The van der Waals surface area contributed by atoms with Crippen molar-refractivity contribution in [2.75, 3.05) is 6.54 Å². The second-order valence-electron chi connectivity index (χ2n) is 7.03. The third-order valence-electron chi connectivity index (χ3n) is 5.27. The van der Waals surface area contributed by atoms with Crippen LogP contribution in [0.3, 0.4) is 0 Å². The molecule has 2 fully saturated rings. The van der Waals surface area contributed by atoms with E-state index >= 15 is 0 Å². The van der Waals surface area contributed by atoms with Gasteiger partial charge in [-0.2, -0.15) is 0 Å². The topological polar surface area (TPSA) is 66.8 Å². The van der Waals surface area contributed by atoms with E-state index in [0.717, 1.165) is 12.0 Å². The number of likely N-dealkylation sites (tertiary alicyclic amines) is 1. The molecule has 1 N–H and O–H groups in total. The maximum Gasteiger partial charge on any atom is 0.408 e. The lowest BCUT2D eigenvalue weighted by molar-refractivity contribution is -0.149. The average Bonchev–Trinajstić information content (AvgIpc) is 3.24. The molecule has 2 aliphatic rings. The van der Waals surface area contributed by atoms with Crippen LogP contribution in [-0.4, -0.2) is 34.7 Å². The molecule has 1 heterocycles. The molecule has 1 aromatic carbocycles. The highest BCUT2D eigenvalue weighted by Gasteiger charge is 2.41. The molecule has 130 valence electrons. The van der Waals surface area contributed by atoms with E-state index in [1.165, 1.54) is 30.6 Å². The van der Waals surface area contributed by atoms with Crippen LogP contribution in [0.15, 0.2) is 30.3 Å². The lowest BCUT2D eigenvalue weighted by Crippen LogP contribution is -2.40. The predicted octanol–water partition coefficient (Wildman–Crippen LogP) is 3.68. The largest absolute Gasteiger partial charge is 0.465 e. The van der Waals surface area contributed by atoms with Crippen molar-refractivity contribution in [3.63, 3.8) is 0 Å². The molecule has 1 amide bonds. The Hall–Kier alpha value is -2.04. The highest BCUT2D eigenvalue weighted by Crippen LogP contribution is 2.35. The number of benzene rings is 1. The van der Waals surface area contributed by atoms with E-state index in [4.69, 9.17) is 4.74 Å². The lowest BCUT2D eigenvalue weighted by atomic mass is 9.91. The molecule has 1 saturated carbocycles. The molecule has 5 heteroatoms. The Balaban J connectivity index is 1.57. The van der Waals surface area contributed by atoms with Gasteiger partial charge >= 0.3 is 12.1 Å². The number of nitrogens with zero attached hydrogens (tertiary/aromatic N) is 1. The van der Waals surface area contributed by atoms with Crippen molar-refractivity contribution in [1.82, 2.24) is 4.90 Å². The zero-order valence-electron chi connectivity index (χ0n) is 13.9. The van der Waals surface area contributed by atoms with Gasteiger partial charge < -0.3 is 9.84 Å². The zero-order chi connectivity index (χ0) is 16.9. The lowest BCUT2D eigenvalue weighted by Gasteiger charge is -2.19. The van der Waals surface area contributed by atoms with E-state index in [2.05, 4.69) is 0 Å². The maximum absolute atomic E-state index is 12.4. The highest BCUT2D eigenvalue weighted by atomic mass is 16.5. The summed E-state index contributed by atoms with van der Waals surface area (Å²) in [6.45, 7) is 0.647. The molecule has 1 aliphatic carbocycles. The first-order valence-electron chi connectivity index (χ1n) is 8.83. The fourth-order valence-corrected chi connectivity index (χ4v) is 4.07. The van der Waals surface area contributed by atoms with E-state index in [1.54, 1.807) is 0 Å². The van der Waals surface area contributed by atoms with Gasteiger partial charge in [-0.25, -0.2) is 9.59 Å². The van der Waals surface area contributed by atoms with Gasteiger partial charge in [0, 0.05) is 6.54 Å². The van der Waals surface area contributed by atoms with Crippen LogP contribution in [0.2, 0.25) is 0 Å². The molecule has 24 heavy (non-hydrogen) atoms. The Morgan fingerprint density at radius 1 is 1.12 bits per heavy atom. The number of amides is 1. The quantitative estimate of drug-likeness (QED) is 0.836. The molecule has 1 aromatic rings. The van der Waals surface area contributed by atoms with Crippen LogP contribution in [0.25, 0.3) is 0 Å². The van der Waals surface area contributed by atoms with E-state index in [0.29, 0.717) is 18.9 Å². The van der Waals surface area contributed by atoms with Crippen molar-refractivity contribution in [3.05, 3.63) is 35.9 Å². The van der Waals surface area contributed by atoms with Crippen LogP contribution < -0.4 is 0 Å². The third-order valence-corrected chi connectivity index (χ3v) is 5.27. The maximum atomic E-state index is 12.4. The van der Waals surface area contributed by atoms with Gasteiger partial charge in [0.15, 0.2) is 0 Å². The fraction of sp³-hybridized carbons (Fsp3) is 0.579. The van der Waals surface area contributed by atoms with Gasteiger partial charge in [0.05, 0.1) is 0 Å². The van der Waals surface area contributed by atoms with E-state index in [1.807, 2.05) is 30.3 Å². The fourth-order valence-electron chi connectivity index (χ4n) is 4.07. The van der Waals surface area contributed by atoms with Crippen molar-refractivity contribution < 1.29 is 19.4 Å². The van der Waals surface area contributed by atoms with Gasteiger partial charge in [-0.15, -0.1) is 0 Å². The van der Waals surface area contributed by atoms with Gasteiger partial charge in [-0.3, -0.25) is 4.90 Å². The molecule has 5 nitrogen and oxygen atoms in total. The second-order valence-corrected chi connectivity index (χ2v) is 7.03. The summed E-state index contributed by atoms with van der Waals surface area (Å²) in [6, 6.07) is 8.80. The molecule has 0 bridgehead atoms. The summed E-state index contributed by atoms with van der Waals surface area (Å²) in [5, 5.41) is 9.41. The molecule has 0 unspecified atom stereocenters. The van der Waals surface area contributed by atoms with Crippen LogP contribution in [-0.2, 0) is 16.1 Å². The first kappa shape index (κ1) is 16.8. The number of carboxylic acid groups (broad SMARTS) is 1. The number of hydrogen-bond donors (Lipinski definition) is 1.